The summed E-state index contributed by atoms with van der Waals surface area (Å²) in [7, 11) is 0. The summed E-state index contributed by atoms with van der Waals surface area (Å²) in [4.78, 5) is 16.0. The van der Waals surface area contributed by atoms with Crippen LogP contribution in [0.3, 0.4) is 0 Å². The molecule has 0 aliphatic heterocycles. The van der Waals surface area contributed by atoms with Crippen molar-refractivity contribution in [3.8, 4) is 0 Å². The van der Waals surface area contributed by atoms with E-state index in [0.717, 1.165) is 17.3 Å². The Morgan fingerprint density at radius 3 is 2.88 bits per heavy atom. The van der Waals surface area contributed by atoms with Crippen LogP contribution in [0.2, 0.25) is 5.02 Å². The molecule has 1 N–H and O–H groups in total. The normalized spacial score (nSPS) is 10.5. The van der Waals surface area contributed by atoms with Gasteiger partial charge in [-0.3, -0.25) is 4.79 Å². The number of benzene rings is 1. The third-order valence-corrected chi connectivity index (χ3v) is 2.66. The molecule has 0 saturated carbocycles. The van der Waals surface area contributed by atoms with Crippen molar-refractivity contribution in [1.82, 2.24) is 10.3 Å². The molecular formula is C13H13ClN2O. The fourth-order valence-electron chi connectivity index (χ4n) is 1.55. The summed E-state index contributed by atoms with van der Waals surface area (Å²) in [6.07, 6.45) is 0.908. The highest BCUT2D eigenvalue weighted by atomic mass is 35.5. The number of rotatable bonds is 3. The van der Waals surface area contributed by atoms with Gasteiger partial charge in [0.25, 0.3) is 5.91 Å². The van der Waals surface area contributed by atoms with E-state index in [1.54, 1.807) is 12.1 Å². The number of carbonyl (C=O) groups is 1. The molecule has 4 heteroatoms. The summed E-state index contributed by atoms with van der Waals surface area (Å²) in [5.74, 6) is -0.145. The van der Waals surface area contributed by atoms with E-state index in [2.05, 4.69) is 10.3 Å². The molecule has 0 bridgehead atoms. The number of nitrogens with zero attached hydrogens (tertiary/aromatic N) is 1. The van der Waals surface area contributed by atoms with E-state index in [-0.39, 0.29) is 5.91 Å². The fourth-order valence-corrected chi connectivity index (χ4v) is 1.71. The zero-order valence-electron chi connectivity index (χ0n) is 9.53. The Morgan fingerprint density at radius 1 is 1.35 bits per heavy atom. The molecule has 2 aromatic rings. The van der Waals surface area contributed by atoms with Crippen molar-refractivity contribution >= 4 is 28.4 Å². The average Bonchev–Trinajstić information content (AvgIpc) is 2.35. The first-order valence-corrected chi connectivity index (χ1v) is 5.93. The lowest BCUT2D eigenvalue weighted by atomic mass is 10.2. The molecule has 1 aromatic carbocycles. The monoisotopic (exact) mass is 248 g/mol. The molecule has 0 aliphatic rings. The molecule has 1 amide bonds. The number of hydrogen-bond donors (Lipinski definition) is 1. The van der Waals surface area contributed by atoms with Crippen LogP contribution in [-0.4, -0.2) is 17.4 Å². The van der Waals surface area contributed by atoms with Crippen LogP contribution in [0.5, 0.6) is 0 Å². The molecule has 2 rings (SSSR count). The molecule has 1 heterocycles. The van der Waals surface area contributed by atoms with Gasteiger partial charge in [-0.1, -0.05) is 30.7 Å². The second-order valence-electron chi connectivity index (χ2n) is 3.79. The van der Waals surface area contributed by atoms with Gasteiger partial charge >= 0.3 is 0 Å². The molecule has 88 valence electrons. The summed E-state index contributed by atoms with van der Waals surface area (Å²) < 4.78 is 0. The Morgan fingerprint density at radius 2 is 2.12 bits per heavy atom. The van der Waals surface area contributed by atoms with Gasteiger partial charge in [0, 0.05) is 17.0 Å². The van der Waals surface area contributed by atoms with Gasteiger partial charge < -0.3 is 5.32 Å². The van der Waals surface area contributed by atoms with Crippen LogP contribution in [0.4, 0.5) is 0 Å². The average molecular weight is 249 g/mol. The van der Waals surface area contributed by atoms with Crippen LogP contribution in [-0.2, 0) is 0 Å². The highest BCUT2D eigenvalue weighted by Gasteiger charge is 2.07. The summed E-state index contributed by atoms with van der Waals surface area (Å²) in [5, 5.41) is 4.39. The van der Waals surface area contributed by atoms with E-state index < -0.39 is 0 Å². The van der Waals surface area contributed by atoms with Gasteiger partial charge in [0.15, 0.2) is 0 Å². The van der Waals surface area contributed by atoms with Crippen LogP contribution in [0, 0.1) is 0 Å². The standard InChI is InChI=1S/C13H13ClN2O/c1-2-7-15-13(17)11-6-4-9-3-5-10(14)8-12(9)16-11/h3-6,8H,2,7H2,1H3,(H,15,17). The Kier molecular flexibility index (Phi) is 3.59. The Labute approximate surface area is 105 Å². The molecule has 0 fully saturated rings. The van der Waals surface area contributed by atoms with Crippen LogP contribution in [0.25, 0.3) is 10.9 Å². The number of carbonyl (C=O) groups excluding carboxylic acids is 1. The highest BCUT2D eigenvalue weighted by Crippen LogP contribution is 2.17. The maximum absolute atomic E-state index is 11.7. The molecule has 0 unspecified atom stereocenters. The zero-order chi connectivity index (χ0) is 12.3. The Bertz CT molecular complexity index is 554. The fraction of sp³-hybridized carbons (Fsp3) is 0.231. The van der Waals surface area contributed by atoms with Crippen molar-refractivity contribution in [3.63, 3.8) is 0 Å². The zero-order valence-corrected chi connectivity index (χ0v) is 10.3. The molecule has 0 spiro atoms. The summed E-state index contributed by atoms with van der Waals surface area (Å²) in [5.41, 5.74) is 1.16. The maximum atomic E-state index is 11.7. The third-order valence-electron chi connectivity index (χ3n) is 2.42. The van der Waals surface area contributed by atoms with Crippen molar-refractivity contribution in [3.05, 3.63) is 41.0 Å². The molecule has 0 saturated heterocycles. The van der Waals surface area contributed by atoms with Crippen molar-refractivity contribution in [2.24, 2.45) is 0 Å². The first-order valence-electron chi connectivity index (χ1n) is 5.55. The van der Waals surface area contributed by atoms with E-state index in [4.69, 9.17) is 11.6 Å². The van der Waals surface area contributed by atoms with Crippen molar-refractivity contribution in [2.75, 3.05) is 6.54 Å². The highest BCUT2D eigenvalue weighted by molar-refractivity contribution is 6.31. The van der Waals surface area contributed by atoms with Crippen LogP contribution in [0.1, 0.15) is 23.8 Å². The molecule has 0 atom stereocenters. The number of hydrogen-bond acceptors (Lipinski definition) is 2. The number of nitrogens with one attached hydrogen (secondary N) is 1. The molecule has 0 radical (unpaired) electrons. The predicted molar refractivity (Wildman–Crippen MR) is 69.4 cm³/mol. The minimum absolute atomic E-state index is 0.145. The van der Waals surface area contributed by atoms with Crippen molar-refractivity contribution in [1.29, 1.82) is 0 Å². The van der Waals surface area contributed by atoms with E-state index in [1.807, 2.05) is 25.1 Å². The maximum Gasteiger partial charge on any atom is 0.269 e. The minimum atomic E-state index is -0.145. The van der Waals surface area contributed by atoms with Crippen molar-refractivity contribution < 1.29 is 4.79 Å². The van der Waals surface area contributed by atoms with E-state index in [1.165, 1.54) is 0 Å². The SMILES string of the molecule is CCCNC(=O)c1ccc2ccc(Cl)cc2n1. The smallest absolute Gasteiger partial charge is 0.269 e. The summed E-state index contributed by atoms with van der Waals surface area (Å²) in [6.45, 7) is 2.67. The van der Waals surface area contributed by atoms with E-state index in [0.29, 0.717) is 17.3 Å². The molecule has 1 aromatic heterocycles. The number of aromatic nitrogens is 1. The van der Waals surface area contributed by atoms with Crippen LogP contribution < -0.4 is 5.32 Å². The number of fused-ring (bicyclic) bond motifs is 1. The molecular weight excluding hydrogens is 236 g/mol. The lowest BCUT2D eigenvalue weighted by Crippen LogP contribution is -2.24. The Hall–Kier alpha value is -1.61. The van der Waals surface area contributed by atoms with Gasteiger partial charge in [-0.15, -0.1) is 0 Å². The Balaban J connectivity index is 2.33. The summed E-state index contributed by atoms with van der Waals surface area (Å²) in [6, 6.07) is 9.05. The van der Waals surface area contributed by atoms with Gasteiger partial charge in [0.1, 0.15) is 5.69 Å². The lowest BCUT2D eigenvalue weighted by Gasteiger charge is -2.04. The molecule has 3 nitrogen and oxygen atoms in total. The van der Waals surface area contributed by atoms with Crippen molar-refractivity contribution in [2.45, 2.75) is 13.3 Å². The van der Waals surface area contributed by atoms with Gasteiger partial charge in [-0.2, -0.15) is 0 Å². The van der Waals surface area contributed by atoms with Gasteiger partial charge in [-0.25, -0.2) is 4.98 Å². The van der Waals surface area contributed by atoms with Gasteiger partial charge in [-0.05, 0) is 24.6 Å². The molecule has 17 heavy (non-hydrogen) atoms. The van der Waals surface area contributed by atoms with Crippen LogP contribution in [0.15, 0.2) is 30.3 Å². The minimum Gasteiger partial charge on any atom is -0.351 e. The lowest BCUT2D eigenvalue weighted by molar-refractivity contribution is 0.0949. The topological polar surface area (TPSA) is 42.0 Å². The first-order chi connectivity index (χ1) is 8.20. The number of halogens is 1. The van der Waals surface area contributed by atoms with Gasteiger partial charge in [0.05, 0.1) is 5.52 Å². The van der Waals surface area contributed by atoms with E-state index >= 15 is 0 Å². The predicted octanol–water partition coefficient (Wildman–Crippen LogP) is 3.03. The second kappa shape index (κ2) is 5.15. The van der Waals surface area contributed by atoms with E-state index in [9.17, 15) is 4.79 Å². The third kappa shape index (κ3) is 2.74. The first kappa shape index (κ1) is 11.9. The molecule has 0 aliphatic carbocycles. The number of amides is 1. The van der Waals surface area contributed by atoms with Gasteiger partial charge in [0.2, 0.25) is 0 Å². The second-order valence-corrected chi connectivity index (χ2v) is 4.23. The largest absolute Gasteiger partial charge is 0.351 e. The number of pyridine rings is 1. The quantitative estimate of drug-likeness (QED) is 0.907. The van der Waals surface area contributed by atoms with Crippen LogP contribution >= 0.6 is 11.6 Å². The summed E-state index contributed by atoms with van der Waals surface area (Å²) >= 11 is 5.89.